The van der Waals surface area contributed by atoms with Crippen molar-refractivity contribution in [1.82, 2.24) is 0 Å². The largest absolute Gasteiger partial charge is 0.121 e. The fourth-order valence-corrected chi connectivity index (χ4v) is 4.81. The maximum atomic E-state index is 2.46. The molecule has 0 N–H and O–H groups in total. The van der Waals surface area contributed by atoms with Crippen LogP contribution in [0.2, 0.25) is 0 Å². The van der Waals surface area contributed by atoms with Crippen LogP contribution in [0.4, 0.5) is 0 Å². The molecule has 4 rings (SSSR count). The predicted octanol–water partition coefficient (Wildman–Crippen LogP) is 5.43. The molecule has 0 spiro atoms. The lowest BCUT2D eigenvalue weighted by molar-refractivity contribution is 0.653. The van der Waals surface area contributed by atoms with Gasteiger partial charge in [0.15, 0.2) is 0 Å². The van der Waals surface area contributed by atoms with E-state index in [4.69, 9.17) is 0 Å². The Hall–Kier alpha value is -1.47. The third-order valence-corrected chi connectivity index (χ3v) is 5.95. The first kappa shape index (κ1) is 12.3. The quantitative estimate of drug-likeness (QED) is 0.670. The normalized spacial score (nSPS) is 23.9. The fraction of sp³-hybridized carbons (Fsp3) is 0.263. The first-order valence-corrected chi connectivity index (χ1v) is 8.21. The molecule has 100 valence electrons. The summed E-state index contributed by atoms with van der Waals surface area (Å²) in [5.74, 6) is 0.706. The molecule has 1 heteroatoms. The van der Waals surface area contributed by atoms with E-state index in [1.165, 1.54) is 34.4 Å². The summed E-state index contributed by atoms with van der Waals surface area (Å²) >= 11 is 2.08. The Morgan fingerprint density at radius 3 is 2.65 bits per heavy atom. The zero-order chi connectivity index (χ0) is 13.5. The summed E-state index contributed by atoms with van der Waals surface area (Å²) < 4.78 is 0. The molecule has 1 aliphatic carbocycles. The third-order valence-electron chi connectivity index (χ3n) is 4.50. The van der Waals surface area contributed by atoms with Gasteiger partial charge in [0.05, 0.1) is 0 Å². The van der Waals surface area contributed by atoms with Gasteiger partial charge in [-0.05, 0) is 42.5 Å². The van der Waals surface area contributed by atoms with Gasteiger partial charge in [-0.3, -0.25) is 0 Å². The van der Waals surface area contributed by atoms with Gasteiger partial charge in [-0.25, -0.2) is 0 Å². The number of hydrogen-bond acceptors (Lipinski definition) is 1. The molecule has 2 aromatic rings. The summed E-state index contributed by atoms with van der Waals surface area (Å²) in [6.45, 7) is 2.15. The first-order valence-electron chi connectivity index (χ1n) is 7.33. The van der Waals surface area contributed by atoms with Gasteiger partial charge in [-0.15, -0.1) is 11.8 Å². The van der Waals surface area contributed by atoms with Crippen molar-refractivity contribution in [2.45, 2.75) is 35.8 Å². The number of allylic oxidation sites excluding steroid dienone is 2. The average molecular weight is 278 g/mol. The standard InChI is InChI=1S/C19H18S/c1-13-6-8-14(9-7-13)15-10-11-19-17(12-15)16-4-2-3-5-18(16)20-19/h2-10,17,19H,11-12H2,1H3. The summed E-state index contributed by atoms with van der Waals surface area (Å²) in [4.78, 5) is 1.50. The van der Waals surface area contributed by atoms with Crippen LogP contribution in [0.1, 0.15) is 35.4 Å². The van der Waals surface area contributed by atoms with Crippen molar-refractivity contribution in [2.75, 3.05) is 0 Å². The number of aryl methyl sites for hydroxylation is 1. The van der Waals surface area contributed by atoms with Crippen LogP contribution in [-0.4, -0.2) is 5.25 Å². The first-order chi connectivity index (χ1) is 9.81. The molecule has 2 aromatic carbocycles. The molecule has 0 aromatic heterocycles. The molecule has 0 saturated heterocycles. The smallest absolute Gasteiger partial charge is 0.0201 e. The van der Waals surface area contributed by atoms with E-state index >= 15 is 0 Å². The molecule has 0 nitrogen and oxygen atoms in total. The molecule has 20 heavy (non-hydrogen) atoms. The van der Waals surface area contributed by atoms with E-state index in [9.17, 15) is 0 Å². The van der Waals surface area contributed by atoms with E-state index in [1.807, 2.05) is 0 Å². The van der Waals surface area contributed by atoms with Crippen LogP contribution in [0.3, 0.4) is 0 Å². The summed E-state index contributed by atoms with van der Waals surface area (Å²) in [6, 6.07) is 17.9. The van der Waals surface area contributed by atoms with E-state index < -0.39 is 0 Å². The highest BCUT2D eigenvalue weighted by atomic mass is 32.2. The van der Waals surface area contributed by atoms with Gasteiger partial charge in [0.1, 0.15) is 0 Å². The van der Waals surface area contributed by atoms with Crippen LogP contribution in [0.15, 0.2) is 59.5 Å². The molecule has 0 fully saturated rings. The number of thioether (sulfide) groups is 1. The highest BCUT2D eigenvalue weighted by Crippen LogP contribution is 2.52. The second-order valence-corrected chi connectivity index (χ2v) is 7.12. The van der Waals surface area contributed by atoms with E-state index in [2.05, 4.69) is 73.3 Å². The van der Waals surface area contributed by atoms with E-state index in [1.54, 1.807) is 5.56 Å². The van der Waals surface area contributed by atoms with Gasteiger partial charge in [-0.1, -0.05) is 54.1 Å². The molecular weight excluding hydrogens is 260 g/mol. The lowest BCUT2D eigenvalue weighted by atomic mass is 9.81. The Labute approximate surface area is 124 Å². The molecular formula is C19H18S. The van der Waals surface area contributed by atoms with Crippen LogP contribution < -0.4 is 0 Å². The van der Waals surface area contributed by atoms with Crippen LogP contribution in [0, 0.1) is 6.92 Å². The van der Waals surface area contributed by atoms with Gasteiger partial charge < -0.3 is 0 Å². The SMILES string of the molecule is Cc1ccc(C2=CCC3Sc4ccccc4C3C2)cc1. The minimum Gasteiger partial charge on any atom is -0.121 e. The van der Waals surface area contributed by atoms with Crippen LogP contribution in [0.5, 0.6) is 0 Å². The van der Waals surface area contributed by atoms with Crippen molar-refractivity contribution in [1.29, 1.82) is 0 Å². The number of fused-ring (bicyclic) bond motifs is 3. The summed E-state index contributed by atoms with van der Waals surface area (Å²) in [7, 11) is 0. The molecule has 0 bridgehead atoms. The van der Waals surface area contributed by atoms with Crippen LogP contribution in [-0.2, 0) is 0 Å². The second kappa shape index (κ2) is 4.82. The van der Waals surface area contributed by atoms with Gasteiger partial charge in [0.25, 0.3) is 0 Å². The van der Waals surface area contributed by atoms with E-state index in [0.717, 1.165) is 5.25 Å². The topological polar surface area (TPSA) is 0 Å². The Bertz CT molecular complexity index is 666. The van der Waals surface area contributed by atoms with Crippen molar-refractivity contribution in [3.8, 4) is 0 Å². The molecule has 2 aliphatic rings. The highest BCUT2D eigenvalue weighted by molar-refractivity contribution is 8.00. The Kier molecular flexibility index (Phi) is 2.96. The maximum Gasteiger partial charge on any atom is 0.0201 e. The van der Waals surface area contributed by atoms with Crippen LogP contribution in [0.25, 0.3) is 5.57 Å². The Balaban J connectivity index is 1.66. The van der Waals surface area contributed by atoms with E-state index in [0.29, 0.717) is 5.92 Å². The predicted molar refractivity (Wildman–Crippen MR) is 87.2 cm³/mol. The Morgan fingerprint density at radius 1 is 1.00 bits per heavy atom. The molecule has 1 heterocycles. The van der Waals surface area contributed by atoms with Gasteiger partial charge in [-0.2, -0.15) is 0 Å². The summed E-state index contributed by atoms with van der Waals surface area (Å²) in [5.41, 5.74) is 5.84. The third kappa shape index (κ3) is 2.01. The van der Waals surface area contributed by atoms with Gasteiger partial charge in [0, 0.05) is 16.1 Å². The lowest BCUT2D eigenvalue weighted by Crippen LogP contribution is -2.14. The molecule has 0 amide bonds. The fourth-order valence-electron chi connectivity index (χ4n) is 3.38. The zero-order valence-electron chi connectivity index (χ0n) is 11.7. The summed E-state index contributed by atoms with van der Waals surface area (Å²) in [5, 5.41) is 0.751. The second-order valence-electron chi connectivity index (χ2n) is 5.84. The van der Waals surface area contributed by atoms with Crippen molar-refractivity contribution < 1.29 is 0 Å². The van der Waals surface area contributed by atoms with Crippen LogP contribution >= 0.6 is 11.8 Å². The van der Waals surface area contributed by atoms with E-state index in [-0.39, 0.29) is 0 Å². The average Bonchev–Trinajstić information content (AvgIpc) is 2.86. The molecule has 1 aliphatic heterocycles. The Morgan fingerprint density at radius 2 is 1.80 bits per heavy atom. The summed E-state index contributed by atoms with van der Waals surface area (Å²) in [6.07, 6.45) is 4.86. The maximum absolute atomic E-state index is 2.46. The van der Waals surface area contributed by atoms with Crippen molar-refractivity contribution in [2.24, 2.45) is 0 Å². The molecule has 0 saturated carbocycles. The van der Waals surface area contributed by atoms with Crippen molar-refractivity contribution in [3.05, 3.63) is 71.3 Å². The monoisotopic (exact) mass is 278 g/mol. The minimum absolute atomic E-state index is 0.706. The van der Waals surface area contributed by atoms with Crippen molar-refractivity contribution >= 4 is 17.3 Å². The number of rotatable bonds is 1. The zero-order valence-corrected chi connectivity index (χ0v) is 12.5. The lowest BCUT2D eigenvalue weighted by Gasteiger charge is -2.25. The molecule has 0 radical (unpaired) electrons. The minimum atomic E-state index is 0.706. The molecule has 2 atom stereocenters. The molecule has 2 unspecified atom stereocenters. The number of benzene rings is 2. The van der Waals surface area contributed by atoms with Crippen molar-refractivity contribution in [3.63, 3.8) is 0 Å². The van der Waals surface area contributed by atoms with Gasteiger partial charge in [0.2, 0.25) is 0 Å². The number of hydrogen-bond donors (Lipinski definition) is 0. The van der Waals surface area contributed by atoms with Gasteiger partial charge >= 0.3 is 0 Å². The highest BCUT2D eigenvalue weighted by Gasteiger charge is 2.35.